The zero-order valence-corrected chi connectivity index (χ0v) is 9.81. The Hall–Kier alpha value is -1.89. The van der Waals surface area contributed by atoms with Crippen molar-refractivity contribution < 1.29 is 13.9 Å². The van der Waals surface area contributed by atoms with E-state index in [0.717, 1.165) is 0 Å². The first kappa shape index (κ1) is 13.2. The molecular formula is C13H14FNO2. The van der Waals surface area contributed by atoms with Gasteiger partial charge in [0, 0.05) is 0 Å². The second-order valence-corrected chi connectivity index (χ2v) is 3.70. The molecule has 1 aromatic rings. The Morgan fingerprint density at radius 2 is 2.06 bits per heavy atom. The molecule has 0 amide bonds. The van der Waals surface area contributed by atoms with E-state index in [-0.39, 0.29) is 12.4 Å². The van der Waals surface area contributed by atoms with Gasteiger partial charge < -0.3 is 4.74 Å². The predicted octanol–water partition coefficient (Wildman–Crippen LogP) is 2.63. The predicted molar refractivity (Wildman–Crippen MR) is 60.6 cm³/mol. The minimum atomic E-state index is -0.616. The van der Waals surface area contributed by atoms with Crippen LogP contribution in [-0.4, -0.2) is 12.6 Å². The van der Waals surface area contributed by atoms with Crippen molar-refractivity contribution in [1.29, 1.82) is 5.26 Å². The standard InChI is InChI=1S/C13H14FNO2/c1-3-17-13(16)9(2)12(8-15)10-4-6-11(14)7-5-10/h4-7,9,12H,3H2,1-2H3. The van der Waals surface area contributed by atoms with Crippen molar-refractivity contribution in [3.8, 4) is 6.07 Å². The van der Waals surface area contributed by atoms with Crippen molar-refractivity contribution >= 4 is 5.97 Å². The maximum absolute atomic E-state index is 12.8. The highest BCUT2D eigenvalue weighted by molar-refractivity contribution is 5.74. The van der Waals surface area contributed by atoms with E-state index < -0.39 is 17.8 Å². The van der Waals surface area contributed by atoms with Gasteiger partial charge >= 0.3 is 5.97 Å². The van der Waals surface area contributed by atoms with Gasteiger partial charge in [-0.15, -0.1) is 0 Å². The summed E-state index contributed by atoms with van der Waals surface area (Å²) < 4.78 is 17.6. The fraction of sp³-hybridized carbons (Fsp3) is 0.385. The Morgan fingerprint density at radius 1 is 1.47 bits per heavy atom. The van der Waals surface area contributed by atoms with Crippen molar-refractivity contribution in [2.75, 3.05) is 6.61 Å². The summed E-state index contributed by atoms with van der Waals surface area (Å²) >= 11 is 0. The largest absolute Gasteiger partial charge is 0.466 e. The lowest BCUT2D eigenvalue weighted by Crippen LogP contribution is -2.21. The van der Waals surface area contributed by atoms with Gasteiger partial charge in [0.15, 0.2) is 0 Å². The van der Waals surface area contributed by atoms with Gasteiger partial charge in [-0.3, -0.25) is 4.79 Å². The van der Waals surface area contributed by atoms with Crippen LogP contribution in [0.3, 0.4) is 0 Å². The molecule has 1 rings (SSSR count). The smallest absolute Gasteiger partial charge is 0.310 e. The lowest BCUT2D eigenvalue weighted by Gasteiger charge is -2.16. The van der Waals surface area contributed by atoms with Gasteiger partial charge in [-0.1, -0.05) is 19.1 Å². The quantitative estimate of drug-likeness (QED) is 0.754. The molecule has 0 aromatic heterocycles. The number of hydrogen-bond donors (Lipinski definition) is 0. The molecule has 0 bridgehead atoms. The van der Waals surface area contributed by atoms with Crippen LogP contribution in [-0.2, 0) is 9.53 Å². The summed E-state index contributed by atoms with van der Waals surface area (Å²) in [6, 6.07) is 7.63. The first-order chi connectivity index (χ1) is 8.10. The Kier molecular flexibility index (Phi) is 4.65. The minimum Gasteiger partial charge on any atom is -0.466 e. The Balaban J connectivity index is 2.88. The van der Waals surface area contributed by atoms with Crippen LogP contribution >= 0.6 is 0 Å². The maximum Gasteiger partial charge on any atom is 0.310 e. The van der Waals surface area contributed by atoms with Crippen LogP contribution in [0.2, 0.25) is 0 Å². The molecule has 0 aliphatic carbocycles. The van der Waals surface area contributed by atoms with Gasteiger partial charge in [-0.2, -0.15) is 5.26 Å². The van der Waals surface area contributed by atoms with Crippen molar-refractivity contribution in [2.24, 2.45) is 5.92 Å². The van der Waals surface area contributed by atoms with E-state index in [4.69, 9.17) is 10.00 Å². The van der Waals surface area contributed by atoms with Gasteiger partial charge in [0.2, 0.25) is 0 Å². The number of esters is 1. The number of nitrogens with zero attached hydrogens (tertiary/aromatic N) is 1. The summed E-state index contributed by atoms with van der Waals surface area (Å²) in [5.41, 5.74) is 0.620. The molecule has 0 heterocycles. The molecule has 0 spiro atoms. The highest BCUT2D eigenvalue weighted by Gasteiger charge is 2.26. The molecule has 0 saturated carbocycles. The van der Waals surface area contributed by atoms with Crippen LogP contribution in [0.15, 0.2) is 24.3 Å². The number of ether oxygens (including phenoxy) is 1. The zero-order valence-electron chi connectivity index (χ0n) is 9.81. The van der Waals surface area contributed by atoms with Crippen LogP contribution in [0, 0.1) is 23.1 Å². The van der Waals surface area contributed by atoms with E-state index in [0.29, 0.717) is 5.56 Å². The summed E-state index contributed by atoms with van der Waals surface area (Å²) in [6.45, 7) is 3.63. The van der Waals surface area contributed by atoms with Crippen molar-refractivity contribution in [3.63, 3.8) is 0 Å². The van der Waals surface area contributed by atoms with E-state index in [2.05, 4.69) is 6.07 Å². The van der Waals surface area contributed by atoms with E-state index in [9.17, 15) is 9.18 Å². The van der Waals surface area contributed by atoms with E-state index in [1.54, 1.807) is 13.8 Å². The number of carbonyl (C=O) groups is 1. The molecule has 0 saturated heterocycles. The molecule has 90 valence electrons. The average molecular weight is 235 g/mol. The van der Waals surface area contributed by atoms with Gasteiger partial charge in [-0.05, 0) is 24.6 Å². The molecule has 4 heteroatoms. The molecular weight excluding hydrogens is 221 g/mol. The normalized spacial score (nSPS) is 13.5. The number of rotatable bonds is 4. The van der Waals surface area contributed by atoms with E-state index in [1.807, 2.05) is 0 Å². The van der Waals surface area contributed by atoms with E-state index in [1.165, 1.54) is 24.3 Å². The molecule has 17 heavy (non-hydrogen) atoms. The number of carbonyl (C=O) groups excluding carboxylic acids is 1. The van der Waals surface area contributed by atoms with Gasteiger partial charge in [0.05, 0.1) is 24.5 Å². The summed E-state index contributed by atoms with van der Waals surface area (Å²) in [4.78, 5) is 11.5. The third kappa shape index (κ3) is 3.28. The molecule has 0 radical (unpaired) electrons. The van der Waals surface area contributed by atoms with Gasteiger partial charge in [-0.25, -0.2) is 4.39 Å². The van der Waals surface area contributed by atoms with Crippen LogP contribution in [0.1, 0.15) is 25.3 Å². The second kappa shape index (κ2) is 6.00. The van der Waals surface area contributed by atoms with Gasteiger partial charge in [0.25, 0.3) is 0 Å². The maximum atomic E-state index is 12.8. The monoisotopic (exact) mass is 235 g/mol. The van der Waals surface area contributed by atoms with Crippen LogP contribution in [0.25, 0.3) is 0 Å². The molecule has 0 aliphatic heterocycles. The lowest BCUT2D eigenvalue weighted by atomic mass is 9.88. The fourth-order valence-electron chi connectivity index (χ4n) is 1.55. The summed E-state index contributed by atoms with van der Waals surface area (Å²) in [5.74, 6) is -1.96. The molecule has 2 unspecified atom stereocenters. The third-order valence-corrected chi connectivity index (χ3v) is 2.53. The highest BCUT2D eigenvalue weighted by atomic mass is 19.1. The SMILES string of the molecule is CCOC(=O)C(C)C(C#N)c1ccc(F)cc1. The van der Waals surface area contributed by atoms with Crippen LogP contribution < -0.4 is 0 Å². The minimum absolute atomic E-state index is 0.282. The van der Waals surface area contributed by atoms with Crippen molar-refractivity contribution in [1.82, 2.24) is 0 Å². The number of halogens is 1. The molecule has 2 atom stereocenters. The van der Waals surface area contributed by atoms with Crippen molar-refractivity contribution in [3.05, 3.63) is 35.6 Å². The highest BCUT2D eigenvalue weighted by Crippen LogP contribution is 2.25. The first-order valence-electron chi connectivity index (χ1n) is 5.41. The Bertz CT molecular complexity index is 422. The topological polar surface area (TPSA) is 50.1 Å². The number of benzene rings is 1. The summed E-state index contributed by atoms with van der Waals surface area (Å²) in [7, 11) is 0. The molecule has 1 aromatic carbocycles. The molecule has 0 aliphatic rings. The van der Waals surface area contributed by atoms with Crippen LogP contribution in [0.5, 0.6) is 0 Å². The molecule has 3 nitrogen and oxygen atoms in total. The van der Waals surface area contributed by atoms with Gasteiger partial charge in [0.1, 0.15) is 5.82 Å². The Morgan fingerprint density at radius 3 is 2.53 bits per heavy atom. The average Bonchev–Trinajstić information content (AvgIpc) is 2.32. The summed E-state index contributed by atoms with van der Waals surface area (Å²) in [6.07, 6.45) is 0. The third-order valence-electron chi connectivity index (χ3n) is 2.53. The summed E-state index contributed by atoms with van der Waals surface area (Å²) in [5, 5.41) is 9.08. The van der Waals surface area contributed by atoms with E-state index >= 15 is 0 Å². The fourth-order valence-corrected chi connectivity index (χ4v) is 1.55. The second-order valence-electron chi connectivity index (χ2n) is 3.70. The molecule has 0 fully saturated rings. The van der Waals surface area contributed by atoms with Crippen molar-refractivity contribution in [2.45, 2.75) is 19.8 Å². The first-order valence-corrected chi connectivity index (χ1v) is 5.41. The Labute approximate surface area is 99.8 Å². The van der Waals surface area contributed by atoms with Crippen LogP contribution in [0.4, 0.5) is 4.39 Å². The molecule has 0 N–H and O–H groups in total. The number of hydrogen-bond acceptors (Lipinski definition) is 3. The number of nitriles is 1. The zero-order chi connectivity index (χ0) is 12.8. The lowest BCUT2D eigenvalue weighted by molar-refractivity contribution is -0.147.